The van der Waals surface area contributed by atoms with Crippen molar-refractivity contribution in [2.24, 2.45) is 11.8 Å². The average Bonchev–Trinajstić information content (AvgIpc) is 2.16. The lowest BCUT2D eigenvalue weighted by Gasteiger charge is -2.23. The number of Topliss-reactive ketones (excluding diaryl/α,β-unsaturated/α-hetero) is 2. The minimum Gasteiger partial charge on any atom is -0.307 e. The van der Waals surface area contributed by atoms with E-state index < -0.39 is 0 Å². The summed E-state index contributed by atoms with van der Waals surface area (Å²) in [5.74, 6) is 0.617. The van der Waals surface area contributed by atoms with Gasteiger partial charge < -0.3 is 5.32 Å². The highest BCUT2D eigenvalue weighted by Crippen LogP contribution is 2.09. The molecule has 3 nitrogen and oxygen atoms in total. The Hall–Kier alpha value is -0.700. The van der Waals surface area contributed by atoms with E-state index in [1.54, 1.807) is 13.8 Å². The minimum absolute atomic E-state index is 0.0177. The van der Waals surface area contributed by atoms with Gasteiger partial charge in [-0.25, -0.2) is 0 Å². The Morgan fingerprint density at radius 2 is 1.67 bits per heavy atom. The number of hydrogen-bond donors (Lipinski definition) is 1. The lowest BCUT2D eigenvalue weighted by molar-refractivity contribution is -0.122. The SMILES string of the molecule is CCC(C)[C@H](NC[C@@H](C)C(C)=O)C(C)=O. The van der Waals surface area contributed by atoms with Gasteiger partial charge in [0, 0.05) is 12.5 Å². The van der Waals surface area contributed by atoms with E-state index in [4.69, 9.17) is 0 Å². The van der Waals surface area contributed by atoms with Crippen LogP contribution in [0, 0.1) is 11.8 Å². The van der Waals surface area contributed by atoms with Gasteiger partial charge in [-0.2, -0.15) is 0 Å². The fourth-order valence-corrected chi connectivity index (χ4v) is 1.43. The molecule has 0 fully saturated rings. The van der Waals surface area contributed by atoms with Crippen molar-refractivity contribution >= 4 is 11.6 Å². The first kappa shape index (κ1) is 14.3. The van der Waals surface area contributed by atoms with Crippen LogP contribution in [0.15, 0.2) is 0 Å². The summed E-state index contributed by atoms with van der Waals surface area (Å²) in [6.45, 7) is 9.77. The highest BCUT2D eigenvalue weighted by molar-refractivity contribution is 5.82. The zero-order valence-corrected chi connectivity index (χ0v) is 10.5. The maximum Gasteiger partial charge on any atom is 0.146 e. The first-order valence-corrected chi connectivity index (χ1v) is 5.64. The predicted molar refractivity (Wildman–Crippen MR) is 61.8 cm³/mol. The van der Waals surface area contributed by atoms with Crippen LogP contribution in [0.5, 0.6) is 0 Å². The lowest BCUT2D eigenvalue weighted by atomic mass is 9.95. The van der Waals surface area contributed by atoms with E-state index in [9.17, 15) is 9.59 Å². The first-order valence-electron chi connectivity index (χ1n) is 5.64. The van der Waals surface area contributed by atoms with Gasteiger partial charge in [0.25, 0.3) is 0 Å². The molecule has 0 saturated carbocycles. The molecule has 0 amide bonds. The number of nitrogens with one attached hydrogen (secondary N) is 1. The van der Waals surface area contributed by atoms with Gasteiger partial charge in [0.15, 0.2) is 0 Å². The second-order valence-corrected chi connectivity index (χ2v) is 4.39. The summed E-state index contributed by atoms with van der Waals surface area (Å²) in [6, 6.07) is -0.114. The molecule has 0 saturated heterocycles. The molecular weight excluding hydrogens is 190 g/mol. The van der Waals surface area contributed by atoms with Gasteiger partial charge in [0.1, 0.15) is 11.6 Å². The minimum atomic E-state index is -0.114. The van der Waals surface area contributed by atoms with E-state index in [1.165, 1.54) is 0 Å². The Balaban J connectivity index is 4.19. The van der Waals surface area contributed by atoms with E-state index in [-0.39, 0.29) is 23.5 Å². The smallest absolute Gasteiger partial charge is 0.146 e. The number of ketones is 2. The Bertz CT molecular complexity index is 226. The molecule has 3 atom stereocenters. The van der Waals surface area contributed by atoms with Gasteiger partial charge in [-0.3, -0.25) is 9.59 Å². The molecule has 0 aliphatic heterocycles. The third-order valence-corrected chi connectivity index (χ3v) is 2.99. The van der Waals surface area contributed by atoms with Crippen molar-refractivity contribution in [3.63, 3.8) is 0 Å². The second kappa shape index (κ2) is 6.72. The van der Waals surface area contributed by atoms with Crippen molar-refractivity contribution in [2.45, 2.75) is 47.1 Å². The molecule has 88 valence electrons. The highest BCUT2D eigenvalue weighted by Gasteiger charge is 2.21. The first-order chi connectivity index (χ1) is 6.90. The van der Waals surface area contributed by atoms with Crippen molar-refractivity contribution in [1.29, 1.82) is 0 Å². The van der Waals surface area contributed by atoms with Crippen molar-refractivity contribution < 1.29 is 9.59 Å². The van der Waals surface area contributed by atoms with E-state index in [0.29, 0.717) is 12.5 Å². The van der Waals surface area contributed by atoms with Crippen molar-refractivity contribution in [1.82, 2.24) is 5.32 Å². The zero-order chi connectivity index (χ0) is 12.0. The third-order valence-electron chi connectivity index (χ3n) is 2.99. The standard InChI is InChI=1S/C12H23NO2/c1-6-8(2)12(11(5)15)13-7-9(3)10(4)14/h8-9,12-13H,6-7H2,1-5H3/t8?,9-,12+/m1/s1. The largest absolute Gasteiger partial charge is 0.307 e. The molecule has 0 aromatic heterocycles. The van der Waals surface area contributed by atoms with Crippen LogP contribution in [0.2, 0.25) is 0 Å². The predicted octanol–water partition coefficient (Wildman–Crippen LogP) is 1.80. The molecule has 0 aliphatic rings. The van der Waals surface area contributed by atoms with Gasteiger partial charge in [0.05, 0.1) is 6.04 Å². The van der Waals surface area contributed by atoms with Crippen LogP contribution in [0.4, 0.5) is 0 Å². The van der Waals surface area contributed by atoms with Gasteiger partial charge in [-0.15, -0.1) is 0 Å². The lowest BCUT2D eigenvalue weighted by Crippen LogP contribution is -2.43. The topological polar surface area (TPSA) is 46.2 Å². The van der Waals surface area contributed by atoms with Crippen LogP contribution in [-0.4, -0.2) is 24.2 Å². The molecule has 0 bridgehead atoms. The van der Waals surface area contributed by atoms with Crippen LogP contribution < -0.4 is 5.32 Å². The van der Waals surface area contributed by atoms with Crippen LogP contribution in [0.3, 0.4) is 0 Å². The van der Waals surface area contributed by atoms with Gasteiger partial charge in [0.2, 0.25) is 0 Å². The Morgan fingerprint density at radius 1 is 1.13 bits per heavy atom. The zero-order valence-electron chi connectivity index (χ0n) is 10.5. The summed E-state index contributed by atoms with van der Waals surface area (Å²) < 4.78 is 0. The summed E-state index contributed by atoms with van der Waals surface area (Å²) in [5, 5.41) is 3.18. The van der Waals surface area contributed by atoms with Crippen molar-refractivity contribution in [3.8, 4) is 0 Å². The molecular formula is C12H23NO2. The van der Waals surface area contributed by atoms with Crippen molar-refractivity contribution in [3.05, 3.63) is 0 Å². The van der Waals surface area contributed by atoms with E-state index >= 15 is 0 Å². The van der Waals surface area contributed by atoms with Crippen LogP contribution in [-0.2, 0) is 9.59 Å². The molecule has 0 radical (unpaired) electrons. The van der Waals surface area contributed by atoms with E-state index in [1.807, 2.05) is 6.92 Å². The summed E-state index contributed by atoms with van der Waals surface area (Å²) in [5.41, 5.74) is 0. The number of carbonyl (C=O) groups is 2. The molecule has 0 aromatic carbocycles. The fourth-order valence-electron chi connectivity index (χ4n) is 1.43. The van der Waals surface area contributed by atoms with E-state index in [2.05, 4.69) is 19.2 Å². The quantitative estimate of drug-likeness (QED) is 0.701. The fraction of sp³-hybridized carbons (Fsp3) is 0.833. The van der Waals surface area contributed by atoms with Gasteiger partial charge in [-0.05, 0) is 19.8 Å². The second-order valence-electron chi connectivity index (χ2n) is 4.39. The van der Waals surface area contributed by atoms with Crippen LogP contribution >= 0.6 is 0 Å². The normalized spacial score (nSPS) is 16.9. The third kappa shape index (κ3) is 5.07. The number of carbonyl (C=O) groups excluding carboxylic acids is 2. The van der Waals surface area contributed by atoms with Crippen LogP contribution in [0.1, 0.15) is 41.0 Å². The molecule has 1 unspecified atom stereocenters. The molecule has 0 aliphatic carbocycles. The van der Waals surface area contributed by atoms with Gasteiger partial charge >= 0.3 is 0 Å². The molecule has 0 rings (SSSR count). The molecule has 0 heterocycles. The molecule has 1 N–H and O–H groups in total. The number of rotatable bonds is 7. The monoisotopic (exact) mass is 213 g/mol. The maximum atomic E-state index is 11.4. The van der Waals surface area contributed by atoms with Crippen molar-refractivity contribution in [2.75, 3.05) is 6.54 Å². The maximum absolute atomic E-state index is 11.4. The number of hydrogen-bond acceptors (Lipinski definition) is 3. The summed E-state index contributed by atoms with van der Waals surface area (Å²) in [6.07, 6.45) is 0.964. The van der Waals surface area contributed by atoms with Crippen LogP contribution in [0.25, 0.3) is 0 Å². The average molecular weight is 213 g/mol. The molecule has 15 heavy (non-hydrogen) atoms. The molecule has 0 spiro atoms. The van der Waals surface area contributed by atoms with Gasteiger partial charge in [-0.1, -0.05) is 27.2 Å². The summed E-state index contributed by atoms with van der Waals surface area (Å²) >= 11 is 0. The summed E-state index contributed by atoms with van der Waals surface area (Å²) in [4.78, 5) is 22.4. The molecule has 0 aromatic rings. The Kier molecular flexibility index (Phi) is 6.41. The molecule has 3 heteroatoms. The summed E-state index contributed by atoms with van der Waals surface area (Å²) in [7, 11) is 0. The van der Waals surface area contributed by atoms with E-state index in [0.717, 1.165) is 6.42 Å². The Labute approximate surface area is 92.6 Å². The highest BCUT2D eigenvalue weighted by atomic mass is 16.1. The Morgan fingerprint density at radius 3 is 2.00 bits per heavy atom.